The highest BCUT2D eigenvalue weighted by Crippen LogP contribution is 2.30. The maximum atomic E-state index is 12.9. The van der Waals surface area contributed by atoms with Crippen LogP contribution in [-0.4, -0.2) is 60.1 Å². The molecule has 2 aromatic carbocycles. The molecule has 0 atom stereocenters. The molecule has 1 saturated heterocycles. The number of nitrogens with one attached hydrogen (secondary N) is 3. The van der Waals surface area contributed by atoms with Crippen LogP contribution < -0.4 is 15.5 Å². The zero-order valence-corrected chi connectivity index (χ0v) is 23.1. The second kappa shape index (κ2) is 10.6. The molecule has 0 radical (unpaired) electrons. The molecule has 8 nitrogen and oxygen atoms in total. The number of aromatic nitrogens is 2. The fraction of sp³-hybridized carbons (Fsp3) is 0.345. The van der Waals surface area contributed by atoms with Gasteiger partial charge in [-0.2, -0.15) is 5.10 Å². The van der Waals surface area contributed by atoms with Gasteiger partial charge in [0.25, 0.3) is 5.91 Å². The normalized spacial score (nSPS) is 14.6. The molecule has 198 valence electrons. The van der Waals surface area contributed by atoms with Crippen LogP contribution in [0.1, 0.15) is 41.6 Å². The fourth-order valence-electron chi connectivity index (χ4n) is 4.52. The molecule has 3 heterocycles. The lowest BCUT2D eigenvalue weighted by Crippen LogP contribution is -2.44. The molecule has 0 aliphatic carbocycles. The number of nitrogens with zero attached hydrogens (tertiary/aromatic N) is 3. The Bertz CT molecular complexity index is 1420. The Balaban J connectivity index is 1.20. The second-order valence-electron chi connectivity index (χ2n) is 10.9. The molecular weight excluding hydrogens is 496 g/mol. The quantitative estimate of drug-likeness (QED) is 0.322. The number of aromatic amines is 1. The SMILES string of the molecule is CN1CCN(c2ccc(NC(=O)c3cc4c(NC(=O)Cc5ccc(C(C)(C)C)cc5)n[nH]c4s3)cc2)CC1. The van der Waals surface area contributed by atoms with Gasteiger partial charge in [-0.05, 0) is 53.9 Å². The summed E-state index contributed by atoms with van der Waals surface area (Å²) in [6.07, 6.45) is 0.250. The van der Waals surface area contributed by atoms with Gasteiger partial charge in [-0.1, -0.05) is 45.0 Å². The standard InChI is InChI=1S/C29H34N6O2S/c1-29(2,3)20-7-5-19(6-8-20)17-25(36)31-26-23-18-24(38-28(23)33-32-26)27(37)30-21-9-11-22(12-10-21)35-15-13-34(4)14-16-35/h5-12,18H,13-17H2,1-4H3,(H,30,37)(H2,31,32,33,36). The minimum atomic E-state index is -0.192. The molecule has 3 N–H and O–H groups in total. The summed E-state index contributed by atoms with van der Waals surface area (Å²) in [6.45, 7) is 10.6. The first kappa shape index (κ1) is 25.9. The molecule has 2 amide bonds. The minimum absolute atomic E-state index is 0.0679. The lowest BCUT2D eigenvalue weighted by Gasteiger charge is -2.34. The maximum Gasteiger partial charge on any atom is 0.265 e. The molecule has 1 fully saturated rings. The first-order valence-corrected chi connectivity index (χ1v) is 13.7. The van der Waals surface area contributed by atoms with Gasteiger partial charge in [-0.25, -0.2) is 0 Å². The number of fused-ring (bicyclic) bond motifs is 1. The third kappa shape index (κ3) is 5.89. The third-order valence-electron chi connectivity index (χ3n) is 6.92. The Morgan fingerprint density at radius 1 is 0.974 bits per heavy atom. The Labute approximate surface area is 227 Å². The predicted molar refractivity (Wildman–Crippen MR) is 156 cm³/mol. The smallest absolute Gasteiger partial charge is 0.265 e. The van der Waals surface area contributed by atoms with E-state index in [9.17, 15) is 9.59 Å². The predicted octanol–water partition coefficient (Wildman–Crippen LogP) is 5.11. The molecular formula is C29H34N6O2S. The molecule has 0 saturated carbocycles. The van der Waals surface area contributed by atoms with Crippen molar-refractivity contribution >= 4 is 50.6 Å². The Morgan fingerprint density at radius 2 is 1.66 bits per heavy atom. The minimum Gasteiger partial charge on any atom is -0.369 e. The van der Waals surface area contributed by atoms with E-state index in [0.29, 0.717) is 10.7 Å². The van der Waals surface area contributed by atoms with E-state index >= 15 is 0 Å². The topological polar surface area (TPSA) is 93.4 Å². The number of benzene rings is 2. The first-order valence-electron chi connectivity index (χ1n) is 12.9. The number of rotatable bonds is 6. The Hall–Kier alpha value is -3.69. The van der Waals surface area contributed by atoms with E-state index < -0.39 is 0 Å². The van der Waals surface area contributed by atoms with Crippen molar-refractivity contribution in [1.29, 1.82) is 0 Å². The molecule has 4 aromatic rings. The summed E-state index contributed by atoms with van der Waals surface area (Å²) >= 11 is 1.31. The van der Waals surface area contributed by atoms with Crippen LogP contribution in [0.25, 0.3) is 10.2 Å². The average Bonchev–Trinajstić information content (AvgIpc) is 3.47. The van der Waals surface area contributed by atoms with Crippen LogP contribution in [0.4, 0.5) is 17.2 Å². The molecule has 5 rings (SSSR count). The van der Waals surface area contributed by atoms with Crippen molar-refractivity contribution in [3.05, 3.63) is 70.6 Å². The van der Waals surface area contributed by atoms with E-state index in [1.165, 1.54) is 16.9 Å². The molecule has 2 aromatic heterocycles. The number of carbonyl (C=O) groups excluding carboxylic acids is 2. The zero-order valence-electron chi connectivity index (χ0n) is 22.3. The summed E-state index contributed by atoms with van der Waals surface area (Å²) < 4.78 is 0. The Morgan fingerprint density at radius 3 is 2.32 bits per heavy atom. The molecule has 0 bridgehead atoms. The number of carbonyl (C=O) groups is 2. The van der Waals surface area contributed by atoms with Crippen molar-refractivity contribution < 1.29 is 9.59 Å². The van der Waals surface area contributed by atoms with Gasteiger partial charge in [0.15, 0.2) is 5.82 Å². The summed E-state index contributed by atoms with van der Waals surface area (Å²) in [4.78, 5) is 31.6. The highest BCUT2D eigenvalue weighted by atomic mass is 32.1. The van der Waals surface area contributed by atoms with Crippen LogP contribution in [0, 0.1) is 0 Å². The van der Waals surface area contributed by atoms with Crippen molar-refractivity contribution in [2.75, 3.05) is 48.8 Å². The number of hydrogen-bond donors (Lipinski definition) is 3. The summed E-state index contributed by atoms with van der Waals surface area (Å²) in [7, 11) is 2.14. The van der Waals surface area contributed by atoms with E-state index in [-0.39, 0.29) is 23.7 Å². The van der Waals surface area contributed by atoms with Crippen molar-refractivity contribution in [2.45, 2.75) is 32.6 Å². The van der Waals surface area contributed by atoms with Crippen molar-refractivity contribution in [1.82, 2.24) is 15.1 Å². The fourth-order valence-corrected chi connectivity index (χ4v) is 5.42. The molecule has 0 unspecified atom stereocenters. The molecule has 1 aliphatic heterocycles. The highest BCUT2D eigenvalue weighted by molar-refractivity contribution is 7.20. The number of likely N-dealkylation sites (N-methyl/N-ethyl adjacent to an activating group) is 1. The summed E-state index contributed by atoms with van der Waals surface area (Å²) in [5.74, 6) is 0.0888. The van der Waals surface area contributed by atoms with Crippen LogP contribution >= 0.6 is 11.3 Å². The van der Waals surface area contributed by atoms with E-state index in [1.807, 2.05) is 36.4 Å². The van der Waals surface area contributed by atoms with Crippen LogP contribution in [-0.2, 0) is 16.6 Å². The third-order valence-corrected chi connectivity index (χ3v) is 7.95. The largest absolute Gasteiger partial charge is 0.369 e. The highest BCUT2D eigenvalue weighted by Gasteiger charge is 2.18. The van der Waals surface area contributed by atoms with Crippen molar-refractivity contribution in [3.8, 4) is 0 Å². The van der Waals surface area contributed by atoms with Crippen molar-refractivity contribution in [3.63, 3.8) is 0 Å². The van der Waals surface area contributed by atoms with E-state index in [1.54, 1.807) is 6.07 Å². The monoisotopic (exact) mass is 530 g/mol. The lowest BCUT2D eigenvalue weighted by atomic mass is 9.86. The van der Waals surface area contributed by atoms with Crippen LogP contribution in [0.3, 0.4) is 0 Å². The van der Waals surface area contributed by atoms with Gasteiger partial charge in [0, 0.05) is 37.6 Å². The summed E-state index contributed by atoms with van der Waals surface area (Å²) in [6, 6.07) is 17.9. The van der Waals surface area contributed by atoms with Gasteiger partial charge in [0.05, 0.1) is 16.7 Å². The van der Waals surface area contributed by atoms with E-state index in [2.05, 4.69) is 70.6 Å². The van der Waals surface area contributed by atoms with Gasteiger partial charge in [0.1, 0.15) is 4.83 Å². The number of hydrogen-bond acceptors (Lipinski definition) is 6. The van der Waals surface area contributed by atoms with E-state index in [0.717, 1.165) is 53.3 Å². The number of thiophene rings is 1. The van der Waals surface area contributed by atoms with Crippen LogP contribution in [0.2, 0.25) is 0 Å². The Kier molecular flexibility index (Phi) is 7.23. The molecule has 0 spiro atoms. The molecule has 9 heteroatoms. The lowest BCUT2D eigenvalue weighted by molar-refractivity contribution is -0.115. The number of piperazine rings is 1. The number of anilines is 3. The molecule has 38 heavy (non-hydrogen) atoms. The average molecular weight is 531 g/mol. The first-order chi connectivity index (χ1) is 18.2. The van der Waals surface area contributed by atoms with Gasteiger partial charge >= 0.3 is 0 Å². The van der Waals surface area contributed by atoms with Crippen molar-refractivity contribution in [2.24, 2.45) is 0 Å². The van der Waals surface area contributed by atoms with Crippen LogP contribution in [0.5, 0.6) is 0 Å². The summed E-state index contributed by atoms with van der Waals surface area (Å²) in [5, 5.41) is 13.8. The number of amides is 2. The van der Waals surface area contributed by atoms with Crippen LogP contribution in [0.15, 0.2) is 54.6 Å². The van der Waals surface area contributed by atoms with Gasteiger partial charge in [-0.3, -0.25) is 14.7 Å². The number of H-pyrrole nitrogens is 1. The summed E-state index contributed by atoms with van der Waals surface area (Å²) in [5.41, 5.74) is 4.14. The van der Waals surface area contributed by atoms with Gasteiger partial charge < -0.3 is 20.4 Å². The van der Waals surface area contributed by atoms with E-state index in [4.69, 9.17) is 0 Å². The van der Waals surface area contributed by atoms with Gasteiger partial charge in [-0.15, -0.1) is 11.3 Å². The molecule has 1 aliphatic rings. The maximum absolute atomic E-state index is 12.9. The second-order valence-corrected chi connectivity index (χ2v) is 11.9. The van der Waals surface area contributed by atoms with Gasteiger partial charge in [0.2, 0.25) is 5.91 Å². The zero-order chi connectivity index (χ0) is 26.9.